The SMILES string of the molecule is CC(C)[C@@H]1OC(=O)[C@H]1C. The summed E-state index contributed by atoms with van der Waals surface area (Å²) in [4.78, 5) is 10.5. The van der Waals surface area contributed by atoms with E-state index in [1.807, 2.05) is 6.92 Å². The van der Waals surface area contributed by atoms with E-state index in [2.05, 4.69) is 13.8 Å². The van der Waals surface area contributed by atoms with Gasteiger partial charge < -0.3 is 4.74 Å². The molecule has 1 aliphatic heterocycles. The predicted octanol–water partition coefficient (Wildman–Crippen LogP) is 1.20. The molecule has 1 aliphatic rings. The van der Waals surface area contributed by atoms with Crippen LogP contribution in [0.1, 0.15) is 20.8 Å². The lowest BCUT2D eigenvalue weighted by Crippen LogP contribution is -2.46. The highest BCUT2D eigenvalue weighted by Gasteiger charge is 2.40. The maximum atomic E-state index is 10.5. The number of rotatable bonds is 1. The molecular weight excluding hydrogens is 116 g/mol. The number of carbonyl (C=O) groups excluding carboxylic acids is 1. The molecule has 2 atom stereocenters. The number of hydrogen-bond acceptors (Lipinski definition) is 2. The number of cyclic esters (lactones) is 1. The number of esters is 1. The van der Waals surface area contributed by atoms with Crippen molar-refractivity contribution in [2.45, 2.75) is 26.9 Å². The van der Waals surface area contributed by atoms with Gasteiger partial charge in [0.15, 0.2) is 0 Å². The molecule has 0 aromatic heterocycles. The Morgan fingerprint density at radius 2 is 2.11 bits per heavy atom. The van der Waals surface area contributed by atoms with Crippen molar-refractivity contribution in [3.63, 3.8) is 0 Å². The molecule has 2 nitrogen and oxygen atoms in total. The quantitative estimate of drug-likeness (QED) is 0.496. The molecule has 0 amide bonds. The van der Waals surface area contributed by atoms with Crippen LogP contribution in [-0.4, -0.2) is 12.1 Å². The minimum absolute atomic E-state index is 0.0475. The van der Waals surface area contributed by atoms with Crippen LogP contribution in [0, 0.1) is 11.8 Å². The van der Waals surface area contributed by atoms with Crippen molar-refractivity contribution in [1.82, 2.24) is 0 Å². The van der Waals surface area contributed by atoms with Crippen LogP contribution in [0.3, 0.4) is 0 Å². The number of ether oxygens (including phenoxy) is 1. The van der Waals surface area contributed by atoms with Gasteiger partial charge in [0.1, 0.15) is 6.10 Å². The Morgan fingerprint density at radius 3 is 2.22 bits per heavy atom. The summed E-state index contributed by atoms with van der Waals surface area (Å²) in [5.41, 5.74) is 0. The van der Waals surface area contributed by atoms with Crippen LogP contribution in [0.15, 0.2) is 0 Å². The molecule has 2 heteroatoms. The van der Waals surface area contributed by atoms with Crippen molar-refractivity contribution in [2.24, 2.45) is 11.8 Å². The molecule has 1 heterocycles. The van der Waals surface area contributed by atoms with E-state index in [1.165, 1.54) is 0 Å². The summed E-state index contributed by atoms with van der Waals surface area (Å²) in [5.74, 6) is 0.552. The van der Waals surface area contributed by atoms with Gasteiger partial charge in [0.2, 0.25) is 0 Å². The third-order valence-corrected chi connectivity index (χ3v) is 1.77. The molecule has 9 heavy (non-hydrogen) atoms. The number of hydrogen-bond donors (Lipinski definition) is 0. The molecule has 0 bridgehead atoms. The van der Waals surface area contributed by atoms with Gasteiger partial charge in [-0.25, -0.2) is 0 Å². The highest BCUT2D eigenvalue weighted by Crippen LogP contribution is 2.27. The standard InChI is InChI=1S/C7H12O2/c1-4(2)6-5(3)7(8)9-6/h4-6H,1-3H3/t5-,6-/m0/s1. The molecule has 0 unspecified atom stereocenters. The Hall–Kier alpha value is -0.530. The Labute approximate surface area is 55.2 Å². The van der Waals surface area contributed by atoms with Crippen LogP contribution >= 0.6 is 0 Å². The molecule has 0 N–H and O–H groups in total. The molecule has 0 saturated carbocycles. The average molecular weight is 128 g/mol. The van der Waals surface area contributed by atoms with Crippen molar-refractivity contribution < 1.29 is 9.53 Å². The van der Waals surface area contributed by atoms with Gasteiger partial charge in [0, 0.05) is 0 Å². The zero-order chi connectivity index (χ0) is 7.02. The van der Waals surface area contributed by atoms with Gasteiger partial charge in [-0.3, -0.25) is 4.79 Å². The van der Waals surface area contributed by atoms with Gasteiger partial charge in [0.05, 0.1) is 5.92 Å². The third-order valence-electron chi connectivity index (χ3n) is 1.77. The first-order chi connectivity index (χ1) is 4.13. The van der Waals surface area contributed by atoms with Crippen LogP contribution in [0.4, 0.5) is 0 Å². The highest BCUT2D eigenvalue weighted by molar-refractivity contribution is 5.78. The Morgan fingerprint density at radius 1 is 1.56 bits per heavy atom. The molecule has 1 saturated heterocycles. The fourth-order valence-electron chi connectivity index (χ4n) is 1.12. The van der Waals surface area contributed by atoms with Crippen LogP contribution in [0.25, 0.3) is 0 Å². The summed E-state index contributed by atoms with van der Waals surface area (Å²) >= 11 is 0. The normalized spacial score (nSPS) is 34.0. The monoisotopic (exact) mass is 128 g/mol. The molecule has 1 fully saturated rings. The Bertz CT molecular complexity index is 129. The van der Waals surface area contributed by atoms with Crippen molar-refractivity contribution in [1.29, 1.82) is 0 Å². The minimum Gasteiger partial charge on any atom is -0.461 e. The van der Waals surface area contributed by atoms with E-state index in [0.29, 0.717) is 5.92 Å². The lowest BCUT2D eigenvalue weighted by atomic mass is 9.90. The van der Waals surface area contributed by atoms with Gasteiger partial charge in [-0.15, -0.1) is 0 Å². The summed E-state index contributed by atoms with van der Waals surface area (Å²) in [6.45, 7) is 6.04. The maximum Gasteiger partial charge on any atom is 0.312 e. The molecule has 0 aromatic carbocycles. The highest BCUT2D eigenvalue weighted by atomic mass is 16.6. The molecule has 0 aliphatic carbocycles. The van der Waals surface area contributed by atoms with E-state index in [9.17, 15) is 4.79 Å². The maximum absolute atomic E-state index is 10.5. The van der Waals surface area contributed by atoms with E-state index in [0.717, 1.165) is 0 Å². The van der Waals surface area contributed by atoms with E-state index >= 15 is 0 Å². The first kappa shape index (κ1) is 6.59. The summed E-state index contributed by atoms with van der Waals surface area (Å²) in [5, 5.41) is 0. The Balaban J connectivity index is 2.42. The molecule has 0 spiro atoms. The second-order valence-electron chi connectivity index (χ2n) is 2.93. The number of carbonyl (C=O) groups is 1. The van der Waals surface area contributed by atoms with Crippen molar-refractivity contribution in [3.8, 4) is 0 Å². The van der Waals surface area contributed by atoms with E-state index in [1.54, 1.807) is 0 Å². The summed E-state index contributed by atoms with van der Waals surface area (Å²) < 4.78 is 4.87. The van der Waals surface area contributed by atoms with E-state index in [-0.39, 0.29) is 18.0 Å². The van der Waals surface area contributed by atoms with E-state index in [4.69, 9.17) is 4.74 Å². The molecule has 1 rings (SSSR count). The fraction of sp³-hybridized carbons (Fsp3) is 0.857. The third kappa shape index (κ3) is 0.934. The lowest BCUT2D eigenvalue weighted by Gasteiger charge is -2.35. The molecule has 0 aromatic rings. The van der Waals surface area contributed by atoms with Gasteiger partial charge in [-0.2, -0.15) is 0 Å². The van der Waals surface area contributed by atoms with Gasteiger partial charge in [0.25, 0.3) is 0 Å². The average Bonchev–Trinajstić information content (AvgIpc) is 1.81. The first-order valence-corrected chi connectivity index (χ1v) is 3.33. The van der Waals surface area contributed by atoms with Crippen molar-refractivity contribution >= 4 is 5.97 Å². The summed E-state index contributed by atoms with van der Waals surface area (Å²) in [7, 11) is 0. The smallest absolute Gasteiger partial charge is 0.312 e. The van der Waals surface area contributed by atoms with Crippen LogP contribution in [-0.2, 0) is 9.53 Å². The second kappa shape index (κ2) is 2.01. The van der Waals surface area contributed by atoms with E-state index < -0.39 is 0 Å². The second-order valence-corrected chi connectivity index (χ2v) is 2.93. The zero-order valence-corrected chi connectivity index (χ0v) is 6.05. The summed E-state index contributed by atoms with van der Waals surface area (Å²) in [6, 6.07) is 0. The molecule has 0 radical (unpaired) electrons. The predicted molar refractivity (Wildman–Crippen MR) is 33.9 cm³/mol. The largest absolute Gasteiger partial charge is 0.461 e. The van der Waals surface area contributed by atoms with Crippen molar-refractivity contribution in [2.75, 3.05) is 0 Å². The van der Waals surface area contributed by atoms with Crippen LogP contribution in [0.2, 0.25) is 0 Å². The van der Waals surface area contributed by atoms with Crippen molar-refractivity contribution in [3.05, 3.63) is 0 Å². The van der Waals surface area contributed by atoms with Gasteiger partial charge >= 0.3 is 5.97 Å². The summed E-state index contributed by atoms with van der Waals surface area (Å²) in [6.07, 6.45) is 0.178. The topological polar surface area (TPSA) is 26.3 Å². The first-order valence-electron chi connectivity index (χ1n) is 3.33. The van der Waals surface area contributed by atoms with Gasteiger partial charge in [-0.05, 0) is 12.8 Å². The van der Waals surface area contributed by atoms with Crippen LogP contribution < -0.4 is 0 Å². The van der Waals surface area contributed by atoms with Gasteiger partial charge in [-0.1, -0.05) is 13.8 Å². The Kier molecular flexibility index (Phi) is 1.47. The fourth-order valence-corrected chi connectivity index (χ4v) is 1.12. The molecule has 52 valence electrons. The zero-order valence-electron chi connectivity index (χ0n) is 6.05. The molecular formula is C7H12O2. The minimum atomic E-state index is -0.0475. The lowest BCUT2D eigenvalue weighted by molar-refractivity contribution is -0.187. The van der Waals surface area contributed by atoms with Crippen LogP contribution in [0.5, 0.6) is 0 Å².